The number of carbonyl (C=O) groups is 2. The topological polar surface area (TPSA) is 49.9 Å². The highest BCUT2D eigenvalue weighted by molar-refractivity contribution is 5.97. The Hall–Kier alpha value is -2.04. The third kappa shape index (κ3) is 3.11. The second-order valence-corrected chi connectivity index (χ2v) is 8.78. The summed E-state index contributed by atoms with van der Waals surface area (Å²) in [6.45, 7) is 1.82. The van der Waals surface area contributed by atoms with Crippen molar-refractivity contribution < 1.29 is 14.3 Å². The number of amides is 2. The van der Waals surface area contributed by atoms with Crippen LogP contribution in [-0.4, -0.2) is 42.6 Å². The molecule has 27 heavy (non-hydrogen) atoms. The lowest BCUT2D eigenvalue weighted by molar-refractivity contribution is 0.0707. The Kier molecular flexibility index (Phi) is 4.33. The van der Waals surface area contributed by atoms with E-state index in [0.717, 1.165) is 42.8 Å². The number of ether oxygens (including phenoxy) is 1. The van der Waals surface area contributed by atoms with Gasteiger partial charge in [-0.15, -0.1) is 0 Å². The molecule has 2 saturated heterocycles. The zero-order valence-electron chi connectivity index (χ0n) is 15.8. The SMILES string of the molecule is O=C1OCCN1c1cccc(C(=O)N2CCCC2CC2CC3CCC2C3)c1. The Morgan fingerprint density at radius 2 is 2.07 bits per heavy atom. The Morgan fingerprint density at radius 3 is 2.81 bits per heavy atom. The molecule has 2 heterocycles. The number of rotatable bonds is 4. The van der Waals surface area contributed by atoms with E-state index in [1.54, 1.807) is 4.90 Å². The average Bonchev–Trinajstić information content (AvgIpc) is 3.46. The number of benzene rings is 1. The lowest BCUT2D eigenvalue weighted by atomic mass is 9.83. The number of fused-ring (bicyclic) bond motifs is 2. The van der Waals surface area contributed by atoms with Gasteiger partial charge in [0, 0.05) is 23.8 Å². The highest BCUT2D eigenvalue weighted by Gasteiger charge is 2.42. The van der Waals surface area contributed by atoms with Gasteiger partial charge in [-0.05, 0) is 74.5 Å². The molecule has 2 bridgehead atoms. The molecule has 0 radical (unpaired) electrons. The maximum Gasteiger partial charge on any atom is 0.414 e. The van der Waals surface area contributed by atoms with Crippen molar-refractivity contribution in [2.24, 2.45) is 17.8 Å². The second-order valence-electron chi connectivity index (χ2n) is 8.78. The summed E-state index contributed by atoms with van der Waals surface area (Å²) >= 11 is 0. The molecule has 0 N–H and O–H groups in total. The molecule has 2 saturated carbocycles. The first-order chi connectivity index (χ1) is 13.2. The van der Waals surface area contributed by atoms with Crippen LogP contribution in [0.5, 0.6) is 0 Å². The first-order valence-electron chi connectivity index (χ1n) is 10.5. The molecular weight excluding hydrogens is 340 g/mol. The highest BCUT2D eigenvalue weighted by atomic mass is 16.6. The van der Waals surface area contributed by atoms with Gasteiger partial charge >= 0.3 is 6.09 Å². The molecule has 5 rings (SSSR count). The normalized spacial score (nSPS) is 32.4. The first-order valence-corrected chi connectivity index (χ1v) is 10.5. The van der Waals surface area contributed by atoms with Crippen molar-refractivity contribution in [3.05, 3.63) is 29.8 Å². The number of anilines is 1. The van der Waals surface area contributed by atoms with Crippen LogP contribution in [0.2, 0.25) is 0 Å². The van der Waals surface area contributed by atoms with Crippen LogP contribution in [0.15, 0.2) is 24.3 Å². The largest absolute Gasteiger partial charge is 0.447 e. The molecule has 4 aliphatic rings. The molecular formula is C22H28N2O3. The van der Waals surface area contributed by atoms with Gasteiger partial charge in [-0.1, -0.05) is 12.5 Å². The van der Waals surface area contributed by atoms with Gasteiger partial charge in [0.05, 0.1) is 6.54 Å². The summed E-state index contributed by atoms with van der Waals surface area (Å²) in [6, 6.07) is 7.86. The van der Waals surface area contributed by atoms with E-state index in [0.29, 0.717) is 24.8 Å². The molecule has 2 aliphatic heterocycles. The van der Waals surface area contributed by atoms with Gasteiger partial charge in [0.2, 0.25) is 0 Å². The van der Waals surface area contributed by atoms with E-state index in [1.807, 2.05) is 24.3 Å². The van der Waals surface area contributed by atoms with Gasteiger partial charge in [-0.2, -0.15) is 0 Å². The molecule has 2 amide bonds. The molecule has 4 atom stereocenters. The minimum Gasteiger partial charge on any atom is -0.447 e. The van der Waals surface area contributed by atoms with Crippen LogP contribution < -0.4 is 4.90 Å². The molecule has 0 aromatic heterocycles. The Balaban J connectivity index is 1.30. The van der Waals surface area contributed by atoms with E-state index in [-0.39, 0.29) is 12.0 Å². The summed E-state index contributed by atoms with van der Waals surface area (Å²) < 4.78 is 5.03. The molecule has 1 aromatic rings. The van der Waals surface area contributed by atoms with Gasteiger partial charge in [0.15, 0.2) is 0 Å². The fraction of sp³-hybridized carbons (Fsp3) is 0.636. The zero-order chi connectivity index (χ0) is 18.4. The van der Waals surface area contributed by atoms with Gasteiger partial charge < -0.3 is 9.64 Å². The molecule has 5 heteroatoms. The number of carbonyl (C=O) groups excluding carboxylic acids is 2. The van der Waals surface area contributed by atoms with Crippen LogP contribution in [0.3, 0.4) is 0 Å². The van der Waals surface area contributed by atoms with Crippen molar-refractivity contribution in [1.29, 1.82) is 0 Å². The second kappa shape index (κ2) is 6.84. The molecule has 144 valence electrons. The van der Waals surface area contributed by atoms with E-state index < -0.39 is 0 Å². The summed E-state index contributed by atoms with van der Waals surface area (Å²) in [7, 11) is 0. The predicted molar refractivity (Wildman–Crippen MR) is 103 cm³/mol. The van der Waals surface area contributed by atoms with E-state index in [9.17, 15) is 9.59 Å². The van der Waals surface area contributed by atoms with Gasteiger partial charge in [-0.25, -0.2) is 4.79 Å². The highest BCUT2D eigenvalue weighted by Crippen LogP contribution is 2.50. The summed E-state index contributed by atoms with van der Waals surface area (Å²) in [5.41, 5.74) is 1.44. The third-order valence-corrected chi connectivity index (χ3v) is 7.26. The number of nitrogens with zero attached hydrogens (tertiary/aromatic N) is 2. The van der Waals surface area contributed by atoms with E-state index >= 15 is 0 Å². The van der Waals surface area contributed by atoms with Crippen LogP contribution in [0.25, 0.3) is 0 Å². The zero-order valence-corrected chi connectivity index (χ0v) is 15.8. The van der Waals surface area contributed by atoms with Crippen molar-refractivity contribution in [3.63, 3.8) is 0 Å². The molecule has 4 unspecified atom stereocenters. The fourth-order valence-electron chi connectivity index (χ4n) is 5.96. The maximum absolute atomic E-state index is 13.2. The van der Waals surface area contributed by atoms with Crippen LogP contribution in [0, 0.1) is 17.8 Å². The van der Waals surface area contributed by atoms with Crippen molar-refractivity contribution >= 4 is 17.7 Å². The Bertz CT molecular complexity index is 749. The summed E-state index contributed by atoms with van der Waals surface area (Å²) in [4.78, 5) is 28.8. The summed E-state index contributed by atoms with van der Waals surface area (Å²) in [6.07, 6.45) is 8.76. The minimum absolute atomic E-state index is 0.120. The third-order valence-electron chi connectivity index (χ3n) is 7.26. The number of cyclic esters (lactones) is 1. The van der Waals surface area contributed by atoms with Gasteiger partial charge in [0.1, 0.15) is 6.61 Å². The van der Waals surface area contributed by atoms with Crippen LogP contribution in [0.4, 0.5) is 10.5 Å². The van der Waals surface area contributed by atoms with Crippen LogP contribution in [-0.2, 0) is 4.74 Å². The van der Waals surface area contributed by atoms with Crippen molar-refractivity contribution in [2.75, 3.05) is 24.6 Å². The lowest BCUT2D eigenvalue weighted by Gasteiger charge is -2.30. The summed E-state index contributed by atoms with van der Waals surface area (Å²) in [5, 5.41) is 0. The Labute approximate surface area is 160 Å². The first kappa shape index (κ1) is 17.1. The van der Waals surface area contributed by atoms with Gasteiger partial charge in [0.25, 0.3) is 5.91 Å². The average molecular weight is 368 g/mol. The minimum atomic E-state index is -0.324. The number of hydrogen-bond acceptors (Lipinski definition) is 3. The quantitative estimate of drug-likeness (QED) is 0.805. The molecule has 4 fully saturated rings. The van der Waals surface area contributed by atoms with E-state index in [1.165, 1.54) is 32.1 Å². The lowest BCUT2D eigenvalue weighted by Crippen LogP contribution is -2.37. The van der Waals surface area contributed by atoms with Crippen LogP contribution in [0.1, 0.15) is 55.3 Å². The van der Waals surface area contributed by atoms with E-state index in [4.69, 9.17) is 4.74 Å². The molecule has 2 aliphatic carbocycles. The molecule has 5 nitrogen and oxygen atoms in total. The predicted octanol–water partition coefficient (Wildman–Crippen LogP) is 4.07. The smallest absolute Gasteiger partial charge is 0.414 e. The molecule has 0 spiro atoms. The molecule has 1 aromatic carbocycles. The van der Waals surface area contributed by atoms with Gasteiger partial charge in [-0.3, -0.25) is 9.69 Å². The fourth-order valence-corrected chi connectivity index (χ4v) is 5.96. The summed E-state index contributed by atoms with van der Waals surface area (Å²) in [5.74, 6) is 2.82. The van der Waals surface area contributed by atoms with Crippen molar-refractivity contribution in [2.45, 2.75) is 51.0 Å². The van der Waals surface area contributed by atoms with Crippen molar-refractivity contribution in [1.82, 2.24) is 4.90 Å². The van der Waals surface area contributed by atoms with E-state index in [2.05, 4.69) is 4.90 Å². The van der Waals surface area contributed by atoms with Crippen molar-refractivity contribution in [3.8, 4) is 0 Å². The standard InChI is InChI=1S/C22H28N2O3/c25-21(17-3-1-4-20(13-17)24-9-10-27-22(24)26)23-8-2-5-19(23)14-18-12-15-6-7-16(18)11-15/h1,3-4,13,15-16,18-19H,2,5-12,14H2. The monoisotopic (exact) mass is 368 g/mol. The number of likely N-dealkylation sites (tertiary alicyclic amines) is 1. The number of hydrogen-bond donors (Lipinski definition) is 0. The van der Waals surface area contributed by atoms with Crippen LogP contribution >= 0.6 is 0 Å². The maximum atomic E-state index is 13.2. The Morgan fingerprint density at radius 1 is 1.15 bits per heavy atom.